The van der Waals surface area contributed by atoms with Gasteiger partial charge < -0.3 is 15.4 Å². The minimum absolute atomic E-state index is 0.223. The summed E-state index contributed by atoms with van der Waals surface area (Å²) >= 11 is 0. The third kappa shape index (κ3) is 4.09. The van der Waals surface area contributed by atoms with Crippen LogP contribution in [0.2, 0.25) is 0 Å². The summed E-state index contributed by atoms with van der Waals surface area (Å²) in [4.78, 5) is 11.7. The van der Waals surface area contributed by atoms with Gasteiger partial charge in [0.2, 0.25) is 0 Å². The van der Waals surface area contributed by atoms with Gasteiger partial charge in [0.25, 0.3) is 0 Å². The molecule has 0 aromatic heterocycles. The topological polar surface area (TPSA) is 62.4 Å². The van der Waals surface area contributed by atoms with Gasteiger partial charge in [-0.25, -0.2) is 9.18 Å². The molecule has 0 radical (unpaired) electrons. The van der Waals surface area contributed by atoms with Gasteiger partial charge >= 0.3 is 6.09 Å². The Bertz CT molecular complexity index is 496. The molecule has 0 unspecified atom stereocenters. The zero-order chi connectivity index (χ0) is 14.8. The van der Waals surface area contributed by atoms with Crippen LogP contribution in [0.5, 0.6) is 0 Å². The number of carbonyl (C=O) groups is 1. The van der Waals surface area contributed by atoms with Crippen molar-refractivity contribution in [1.29, 1.82) is 0 Å². The van der Waals surface area contributed by atoms with Gasteiger partial charge in [-0.05, 0) is 39.0 Å². The number of carbonyl (C=O) groups excluding carboxylic acids is 1. The van der Waals surface area contributed by atoms with E-state index < -0.39 is 11.7 Å². The Morgan fingerprint density at radius 2 is 2.10 bits per heavy atom. The maximum absolute atomic E-state index is 13.7. The van der Waals surface area contributed by atoms with Crippen LogP contribution < -0.4 is 16.0 Å². The van der Waals surface area contributed by atoms with Crippen LogP contribution in [-0.4, -0.2) is 30.8 Å². The van der Waals surface area contributed by atoms with Gasteiger partial charge in [-0.2, -0.15) is 0 Å². The number of rotatable bonds is 3. The largest absolute Gasteiger partial charge is 0.444 e. The Hall–Kier alpha value is -1.82. The summed E-state index contributed by atoms with van der Waals surface area (Å²) < 4.78 is 18.8. The van der Waals surface area contributed by atoms with Crippen molar-refractivity contribution >= 4 is 17.5 Å². The average Bonchev–Trinajstić information content (AvgIpc) is 2.24. The Morgan fingerprint density at radius 3 is 2.65 bits per heavy atom. The molecule has 1 saturated heterocycles. The zero-order valence-electron chi connectivity index (χ0n) is 11.9. The van der Waals surface area contributed by atoms with Crippen LogP contribution in [0.15, 0.2) is 18.2 Å². The molecule has 3 N–H and O–H groups in total. The maximum atomic E-state index is 13.7. The summed E-state index contributed by atoms with van der Waals surface area (Å²) in [7, 11) is 0. The number of anilines is 2. The van der Waals surface area contributed by atoms with Crippen LogP contribution in [0.3, 0.4) is 0 Å². The van der Waals surface area contributed by atoms with E-state index in [2.05, 4.69) is 16.0 Å². The first kappa shape index (κ1) is 14.6. The standard InChI is InChI=1S/C14H20FN3O2/c1-14(2,3)20-13(19)18-9-4-5-11(15)12(6-9)17-10-7-16-8-10/h4-6,10,16-17H,7-8H2,1-3H3,(H,18,19). The van der Waals surface area contributed by atoms with E-state index in [0.717, 1.165) is 13.1 Å². The third-order valence-electron chi connectivity index (χ3n) is 2.75. The van der Waals surface area contributed by atoms with E-state index in [1.54, 1.807) is 26.8 Å². The highest BCUT2D eigenvalue weighted by Gasteiger charge is 2.19. The monoisotopic (exact) mass is 281 g/mol. The van der Waals surface area contributed by atoms with Crippen molar-refractivity contribution in [3.05, 3.63) is 24.0 Å². The molecule has 0 atom stereocenters. The number of hydrogen-bond donors (Lipinski definition) is 3. The molecule has 6 heteroatoms. The van der Waals surface area contributed by atoms with Gasteiger partial charge in [0.1, 0.15) is 11.4 Å². The second kappa shape index (κ2) is 5.66. The Morgan fingerprint density at radius 1 is 1.40 bits per heavy atom. The van der Waals surface area contributed by atoms with E-state index in [1.165, 1.54) is 12.1 Å². The highest BCUT2D eigenvalue weighted by atomic mass is 19.1. The Balaban J connectivity index is 2.01. The minimum atomic E-state index is -0.567. The van der Waals surface area contributed by atoms with E-state index in [0.29, 0.717) is 11.4 Å². The fraction of sp³-hybridized carbons (Fsp3) is 0.500. The molecular weight excluding hydrogens is 261 g/mol. The predicted molar refractivity (Wildman–Crippen MR) is 76.5 cm³/mol. The Kier molecular flexibility index (Phi) is 4.13. The van der Waals surface area contributed by atoms with Crippen LogP contribution in [0, 0.1) is 5.82 Å². The number of amides is 1. The fourth-order valence-electron chi connectivity index (χ4n) is 1.75. The molecule has 110 valence electrons. The molecule has 1 heterocycles. The summed E-state index contributed by atoms with van der Waals surface area (Å²) in [6.45, 7) is 6.97. The van der Waals surface area contributed by atoms with Crippen LogP contribution in [0.4, 0.5) is 20.6 Å². The maximum Gasteiger partial charge on any atom is 0.412 e. The second-order valence-electron chi connectivity index (χ2n) is 5.82. The molecular formula is C14H20FN3O2. The summed E-state index contributed by atoms with van der Waals surface area (Å²) in [6.07, 6.45) is -0.555. The van der Waals surface area contributed by atoms with Gasteiger partial charge in [-0.15, -0.1) is 0 Å². The number of hydrogen-bond acceptors (Lipinski definition) is 4. The molecule has 1 aliphatic rings. The van der Waals surface area contributed by atoms with E-state index in [-0.39, 0.29) is 11.9 Å². The number of ether oxygens (including phenoxy) is 1. The molecule has 1 aromatic rings. The lowest BCUT2D eigenvalue weighted by molar-refractivity contribution is 0.0636. The van der Waals surface area contributed by atoms with Crippen molar-refractivity contribution in [3.63, 3.8) is 0 Å². The smallest absolute Gasteiger partial charge is 0.412 e. The highest BCUT2D eigenvalue weighted by Crippen LogP contribution is 2.21. The van der Waals surface area contributed by atoms with Crippen LogP contribution in [0.1, 0.15) is 20.8 Å². The lowest BCUT2D eigenvalue weighted by Crippen LogP contribution is -2.51. The molecule has 0 saturated carbocycles. The van der Waals surface area contributed by atoms with Gasteiger partial charge in [-0.3, -0.25) is 5.32 Å². The summed E-state index contributed by atoms with van der Waals surface area (Å²) in [5.41, 5.74) is 0.309. The van der Waals surface area contributed by atoms with E-state index >= 15 is 0 Å². The minimum Gasteiger partial charge on any atom is -0.444 e. The molecule has 1 aromatic carbocycles. The molecule has 2 rings (SSSR count). The highest BCUT2D eigenvalue weighted by molar-refractivity contribution is 5.85. The number of halogens is 1. The first-order valence-electron chi connectivity index (χ1n) is 6.60. The van der Waals surface area contributed by atoms with Crippen LogP contribution in [-0.2, 0) is 4.74 Å². The Labute approximate surface area is 117 Å². The predicted octanol–water partition coefficient (Wildman–Crippen LogP) is 2.56. The van der Waals surface area contributed by atoms with Crippen molar-refractivity contribution in [3.8, 4) is 0 Å². The van der Waals surface area contributed by atoms with Crippen LogP contribution >= 0.6 is 0 Å². The first-order chi connectivity index (χ1) is 9.33. The molecule has 1 fully saturated rings. The van der Waals surface area contributed by atoms with Crippen LogP contribution in [0.25, 0.3) is 0 Å². The molecule has 0 aliphatic carbocycles. The second-order valence-corrected chi connectivity index (χ2v) is 5.82. The van der Waals surface area contributed by atoms with Gasteiger partial charge in [0.05, 0.1) is 11.7 Å². The van der Waals surface area contributed by atoms with Crippen molar-refractivity contribution in [2.24, 2.45) is 0 Å². The van der Waals surface area contributed by atoms with E-state index in [1.807, 2.05) is 0 Å². The summed E-state index contributed by atoms with van der Waals surface area (Å²) in [5.74, 6) is -0.341. The molecule has 1 aliphatic heterocycles. The molecule has 5 nitrogen and oxygen atoms in total. The van der Waals surface area contributed by atoms with Gasteiger partial charge in [-0.1, -0.05) is 0 Å². The third-order valence-corrected chi connectivity index (χ3v) is 2.75. The number of nitrogens with one attached hydrogen (secondary N) is 3. The molecule has 20 heavy (non-hydrogen) atoms. The van der Waals surface area contributed by atoms with Gasteiger partial charge in [0.15, 0.2) is 0 Å². The molecule has 0 spiro atoms. The lowest BCUT2D eigenvalue weighted by atomic mass is 10.1. The number of benzene rings is 1. The SMILES string of the molecule is CC(C)(C)OC(=O)Nc1ccc(F)c(NC2CNC2)c1. The van der Waals surface area contributed by atoms with Crippen molar-refractivity contribution in [1.82, 2.24) is 5.32 Å². The lowest BCUT2D eigenvalue weighted by Gasteiger charge is -2.29. The van der Waals surface area contributed by atoms with E-state index in [9.17, 15) is 9.18 Å². The normalized spacial score (nSPS) is 15.4. The average molecular weight is 281 g/mol. The van der Waals surface area contributed by atoms with E-state index in [4.69, 9.17) is 4.74 Å². The molecule has 1 amide bonds. The van der Waals surface area contributed by atoms with Crippen molar-refractivity contribution < 1.29 is 13.9 Å². The molecule has 0 bridgehead atoms. The van der Waals surface area contributed by atoms with Crippen molar-refractivity contribution in [2.45, 2.75) is 32.4 Å². The zero-order valence-corrected chi connectivity index (χ0v) is 11.9. The fourth-order valence-corrected chi connectivity index (χ4v) is 1.75. The first-order valence-corrected chi connectivity index (χ1v) is 6.60. The van der Waals surface area contributed by atoms with Gasteiger partial charge in [0, 0.05) is 18.8 Å². The quantitative estimate of drug-likeness (QED) is 0.797. The summed E-state index contributed by atoms with van der Waals surface area (Å²) in [6, 6.07) is 4.61. The summed E-state index contributed by atoms with van der Waals surface area (Å²) in [5, 5.41) is 8.77. The van der Waals surface area contributed by atoms with Crippen molar-refractivity contribution in [2.75, 3.05) is 23.7 Å².